The first kappa shape index (κ1) is 40.0. The molecular formula is C40H65ClO4Si2. The van der Waals surface area contributed by atoms with Crippen molar-refractivity contribution in [1.29, 1.82) is 0 Å². The van der Waals surface area contributed by atoms with Gasteiger partial charge in [-0.25, -0.2) is 0 Å². The minimum absolute atomic E-state index is 0.0110. The lowest BCUT2D eigenvalue weighted by Gasteiger charge is -2.40. The number of rotatable bonds is 15. The van der Waals surface area contributed by atoms with Crippen molar-refractivity contribution in [2.75, 3.05) is 7.11 Å². The molecule has 3 rings (SSSR count). The Labute approximate surface area is 295 Å². The van der Waals surface area contributed by atoms with Crippen molar-refractivity contribution in [3.8, 4) is 0 Å². The highest BCUT2D eigenvalue weighted by Crippen LogP contribution is 2.49. The van der Waals surface area contributed by atoms with E-state index in [1.807, 2.05) is 0 Å². The molecule has 1 fully saturated rings. The zero-order valence-corrected chi connectivity index (χ0v) is 34.4. The molecule has 47 heavy (non-hydrogen) atoms. The lowest BCUT2D eigenvalue weighted by Crippen LogP contribution is -2.44. The second-order valence-corrected chi connectivity index (χ2v) is 27.1. The highest BCUT2D eigenvalue weighted by atomic mass is 35.5. The third kappa shape index (κ3) is 10.8. The summed E-state index contributed by atoms with van der Waals surface area (Å²) in [6.07, 6.45) is 7.63. The molecule has 2 aromatic carbocycles. The van der Waals surface area contributed by atoms with Crippen molar-refractivity contribution in [1.82, 2.24) is 0 Å². The number of halogens is 1. The van der Waals surface area contributed by atoms with E-state index in [4.69, 9.17) is 25.2 Å². The maximum Gasteiger partial charge on any atom is 0.305 e. The number of carbonyl (C=O) groups is 1. The van der Waals surface area contributed by atoms with Crippen LogP contribution in [-0.2, 0) is 31.2 Å². The summed E-state index contributed by atoms with van der Waals surface area (Å²) in [5.41, 5.74) is 5.01. The number of hydrogen-bond donors (Lipinski definition) is 0. The first-order chi connectivity index (χ1) is 21.8. The number of alkyl halides is 1. The Balaban J connectivity index is 1.97. The number of unbranched alkanes of at least 4 members (excludes halogenated alkanes) is 2. The summed E-state index contributed by atoms with van der Waals surface area (Å²) in [4.78, 5) is 11.8. The van der Waals surface area contributed by atoms with Crippen LogP contribution >= 0.6 is 11.6 Å². The third-order valence-electron chi connectivity index (χ3n) is 11.4. The van der Waals surface area contributed by atoms with Crippen LogP contribution in [0.25, 0.3) is 0 Å². The smallest absolute Gasteiger partial charge is 0.305 e. The Bertz CT molecular complexity index is 1280. The van der Waals surface area contributed by atoms with Crippen LogP contribution in [0.5, 0.6) is 0 Å². The van der Waals surface area contributed by atoms with Gasteiger partial charge in [0, 0.05) is 17.7 Å². The SMILES string of the molecule is CCCCCC(O[Si](C)(C)C(C)(C)C)c1ccc([C@@H]2[C@@H](Cc3cccc(CCC(=O)OC)c3)[C@H](Cl)C[C@@H]2O[Si](C)(C)C(C)(C)C)cc1. The average molecular weight is 702 g/mol. The fourth-order valence-corrected chi connectivity index (χ4v) is 9.40. The number of benzene rings is 2. The molecule has 0 radical (unpaired) electrons. The van der Waals surface area contributed by atoms with Gasteiger partial charge in [0.15, 0.2) is 16.6 Å². The molecule has 1 unspecified atom stereocenters. The van der Waals surface area contributed by atoms with Gasteiger partial charge in [-0.05, 0) is 90.1 Å². The number of methoxy groups -OCH3 is 1. The Morgan fingerprint density at radius 3 is 2.11 bits per heavy atom. The van der Waals surface area contributed by atoms with E-state index in [2.05, 4.69) is 123 Å². The van der Waals surface area contributed by atoms with Gasteiger partial charge in [0.2, 0.25) is 0 Å². The second kappa shape index (κ2) is 16.5. The maximum atomic E-state index is 11.8. The van der Waals surface area contributed by atoms with Gasteiger partial charge in [0.1, 0.15) is 0 Å². The van der Waals surface area contributed by atoms with E-state index in [0.717, 1.165) is 24.8 Å². The van der Waals surface area contributed by atoms with E-state index >= 15 is 0 Å². The summed E-state index contributed by atoms with van der Waals surface area (Å²) in [5, 5.41) is 0.284. The fraction of sp³-hybridized carbons (Fsp3) is 0.675. The summed E-state index contributed by atoms with van der Waals surface area (Å²) in [6.45, 7) is 25.6. The van der Waals surface area contributed by atoms with Crippen LogP contribution in [0.3, 0.4) is 0 Å². The molecule has 2 aromatic rings. The summed E-state index contributed by atoms with van der Waals surface area (Å²) in [5.74, 6) is 0.250. The van der Waals surface area contributed by atoms with Gasteiger partial charge < -0.3 is 13.6 Å². The fourth-order valence-electron chi connectivity index (χ4n) is 6.31. The van der Waals surface area contributed by atoms with Crippen LogP contribution in [0.1, 0.15) is 121 Å². The zero-order chi connectivity index (χ0) is 35.2. The van der Waals surface area contributed by atoms with E-state index in [1.54, 1.807) is 0 Å². The van der Waals surface area contributed by atoms with E-state index in [9.17, 15) is 4.79 Å². The molecule has 0 aromatic heterocycles. The first-order valence-corrected chi connectivity index (χ1v) is 24.3. The number of carbonyl (C=O) groups excluding carboxylic acids is 1. The number of esters is 1. The molecule has 1 aliphatic carbocycles. The molecule has 1 saturated carbocycles. The van der Waals surface area contributed by atoms with Gasteiger partial charge in [0.05, 0.1) is 19.3 Å². The highest BCUT2D eigenvalue weighted by Gasteiger charge is 2.48. The molecule has 0 N–H and O–H groups in total. The molecule has 0 amide bonds. The van der Waals surface area contributed by atoms with Crippen molar-refractivity contribution in [2.24, 2.45) is 5.92 Å². The second-order valence-electron chi connectivity index (χ2n) is 17.0. The van der Waals surface area contributed by atoms with Crippen LogP contribution < -0.4 is 0 Å². The summed E-state index contributed by atoms with van der Waals surface area (Å²) >= 11 is 7.30. The van der Waals surface area contributed by atoms with Crippen molar-refractivity contribution >= 4 is 34.2 Å². The monoisotopic (exact) mass is 700 g/mol. The molecule has 5 atom stereocenters. The molecule has 0 aliphatic heterocycles. The zero-order valence-electron chi connectivity index (χ0n) is 31.7. The molecule has 264 valence electrons. The van der Waals surface area contributed by atoms with Crippen LogP contribution in [0.4, 0.5) is 0 Å². The minimum Gasteiger partial charge on any atom is -0.469 e. The number of ether oxygens (including phenoxy) is 1. The Hall–Kier alpha value is -1.45. The Morgan fingerprint density at radius 1 is 0.915 bits per heavy atom. The summed E-state index contributed by atoms with van der Waals surface area (Å²) in [6, 6.07) is 18.0. The number of aryl methyl sites for hydroxylation is 1. The summed E-state index contributed by atoms with van der Waals surface area (Å²) < 4.78 is 19.1. The Morgan fingerprint density at radius 2 is 1.53 bits per heavy atom. The van der Waals surface area contributed by atoms with Crippen molar-refractivity contribution in [3.05, 3.63) is 70.8 Å². The van der Waals surface area contributed by atoms with Crippen molar-refractivity contribution in [2.45, 2.75) is 160 Å². The van der Waals surface area contributed by atoms with Gasteiger partial charge in [0.25, 0.3) is 0 Å². The van der Waals surface area contributed by atoms with Crippen molar-refractivity contribution < 1.29 is 18.4 Å². The van der Waals surface area contributed by atoms with Crippen LogP contribution in [-0.4, -0.2) is 41.2 Å². The molecule has 4 nitrogen and oxygen atoms in total. The van der Waals surface area contributed by atoms with Gasteiger partial charge in [-0.1, -0.05) is 116 Å². The lowest BCUT2D eigenvalue weighted by atomic mass is 9.83. The molecule has 0 saturated heterocycles. The van der Waals surface area contributed by atoms with E-state index in [0.29, 0.717) is 12.8 Å². The van der Waals surface area contributed by atoms with E-state index < -0.39 is 16.6 Å². The standard InChI is InChI=1S/C40H65ClO4Si2/c1-13-14-15-19-35(44-46(9,10)39(2,3)4)31-21-23-32(24-22-31)38-33(34(41)28-36(38)45-47(11,12)40(5,6)7)27-30-18-16-17-29(26-30)20-25-37(42)43-8/h16-18,21-24,26,33-36,38H,13-15,19-20,25,27-28H2,1-12H3/t33-,34+,35?,36-,38+/m0/s1. The van der Waals surface area contributed by atoms with Gasteiger partial charge in [-0.2, -0.15) is 0 Å². The van der Waals surface area contributed by atoms with Crippen molar-refractivity contribution in [3.63, 3.8) is 0 Å². The maximum absolute atomic E-state index is 11.8. The normalized spacial score (nSPS) is 21.6. The molecule has 0 spiro atoms. The summed E-state index contributed by atoms with van der Waals surface area (Å²) in [7, 11) is -2.54. The topological polar surface area (TPSA) is 44.8 Å². The molecule has 7 heteroatoms. The first-order valence-electron chi connectivity index (χ1n) is 18.0. The van der Waals surface area contributed by atoms with Gasteiger partial charge in [-0.3, -0.25) is 4.79 Å². The minimum atomic E-state index is -2.04. The van der Waals surface area contributed by atoms with E-state index in [-0.39, 0.29) is 45.5 Å². The molecular weight excluding hydrogens is 636 g/mol. The average Bonchev–Trinajstić information content (AvgIpc) is 3.27. The largest absolute Gasteiger partial charge is 0.469 e. The van der Waals surface area contributed by atoms with E-state index in [1.165, 1.54) is 43.1 Å². The third-order valence-corrected chi connectivity index (χ3v) is 20.8. The van der Waals surface area contributed by atoms with Crippen LogP contribution in [0.2, 0.25) is 36.3 Å². The predicted molar refractivity (Wildman–Crippen MR) is 205 cm³/mol. The lowest BCUT2D eigenvalue weighted by molar-refractivity contribution is -0.140. The highest BCUT2D eigenvalue weighted by molar-refractivity contribution is 6.74. The Kier molecular flexibility index (Phi) is 14.0. The number of hydrogen-bond acceptors (Lipinski definition) is 4. The van der Waals surface area contributed by atoms with Gasteiger partial charge >= 0.3 is 5.97 Å². The molecule has 0 bridgehead atoms. The molecule has 0 heterocycles. The van der Waals surface area contributed by atoms with Gasteiger partial charge in [-0.15, -0.1) is 11.6 Å². The quantitative estimate of drug-likeness (QED) is 0.0803. The van der Waals surface area contributed by atoms with Crippen LogP contribution in [0, 0.1) is 5.92 Å². The predicted octanol–water partition coefficient (Wildman–Crippen LogP) is 11.8. The van der Waals surface area contributed by atoms with Crippen LogP contribution in [0.15, 0.2) is 48.5 Å². The molecule has 1 aliphatic rings.